The maximum atomic E-state index is 11.3. The molecule has 0 saturated heterocycles. The van der Waals surface area contributed by atoms with E-state index in [1.165, 1.54) is 25.4 Å². The third-order valence-corrected chi connectivity index (χ3v) is 1.25. The molecule has 0 aliphatic heterocycles. The second kappa shape index (κ2) is 3.66. The molecule has 1 heterocycles. The van der Waals surface area contributed by atoms with Gasteiger partial charge in [0.1, 0.15) is 5.75 Å². The largest absolute Gasteiger partial charge is 0.495 e. The summed E-state index contributed by atoms with van der Waals surface area (Å²) in [5.74, 6) is -0.622. The first kappa shape index (κ1) is 8.45. The summed E-state index contributed by atoms with van der Waals surface area (Å²) in [6.07, 6.45) is 1.30. The van der Waals surface area contributed by atoms with Crippen molar-refractivity contribution in [3.05, 3.63) is 24.0 Å². The monoisotopic (exact) mass is 171 g/mol. The van der Waals surface area contributed by atoms with Crippen LogP contribution in [0.1, 0.15) is 10.5 Å². The summed E-state index contributed by atoms with van der Waals surface area (Å²) < 4.78 is 16.1. The Hall–Kier alpha value is -1.65. The van der Waals surface area contributed by atoms with Gasteiger partial charge < -0.3 is 4.74 Å². The van der Waals surface area contributed by atoms with Gasteiger partial charge in [-0.05, 0) is 12.1 Å². The topological polar surface area (TPSA) is 48.4 Å². The lowest BCUT2D eigenvalue weighted by Crippen LogP contribution is -2.01. The van der Waals surface area contributed by atoms with Crippen LogP contribution in [-0.2, 0) is 4.94 Å². The van der Waals surface area contributed by atoms with Crippen LogP contribution < -0.4 is 4.74 Å². The standard InChI is InChI=1S/C7H6FNO3/c1-11-5-2-3-6(9-4-5)7(10)12-8/h2-4H,1H3. The molecular weight excluding hydrogens is 165 g/mol. The van der Waals surface area contributed by atoms with Gasteiger partial charge in [-0.15, -0.1) is 0 Å². The molecule has 1 aromatic rings. The van der Waals surface area contributed by atoms with Crippen molar-refractivity contribution in [3.63, 3.8) is 0 Å². The molecule has 0 saturated carbocycles. The third-order valence-electron chi connectivity index (χ3n) is 1.25. The number of carbonyl (C=O) groups excluding carboxylic acids is 1. The van der Waals surface area contributed by atoms with E-state index in [4.69, 9.17) is 4.74 Å². The maximum absolute atomic E-state index is 11.3. The molecule has 5 heteroatoms. The molecule has 0 unspecified atom stereocenters. The molecule has 0 radical (unpaired) electrons. The van der Waals surface area contributed by atoms with E-state index in [1.807, 2.05) is 0 Å². The first-order valence-corrected chi connectivity index (χ1v) is 3.11. The molecule has 0 aromatic carbocycles. The first-order chi connectivity index (χ1) is 5.77. The summed E-state index contributed by atoms with van der Waals surface area (Å²) in [6, 6.07) is 2.79. The van der Waals surface area contributed by atoms with Crippen molar-refractivity contribution < 1.29 is 19.0 Å². The van der Waals surface area contributed by atoms with Crippen molar-refractivity contribution in [3.8, 4) is 5.75 Å². The third kappa shape index (κ3) is 1.69. The molecule has 1 rings (SSSR count). The quantitative estimate of drug-likeness (QED) is 0.669. The summed E-state index contributed by atoms with van der Waals surface area (Å²) in [7, 11) is 1.46. The predicted molar refractivity (Wildman–Crippen MR) is 37.3 cm³/mol. The fourth-order valence-corrected chi connectivity index (χ4v) is 0.661. The van der Waals surface area contributed by atoms with E-state index in [0.717, 1.165) is 0 Å². The fraction of sp³-hybridized carbons (Fsp3) is 0.143. The zero-order chi connectivity index (χ0) is 8.97. The number of halogens is 1. The predicted octanol–water partition coefficient (Wildman–Crippen LogP) is 1.13. The second-order valence-electron chi connectivity index (χ2n) is 1.95. The van der Waals surface area contributed by atoms with Gasteiger partial charge in [-0.3, -0.25) is 0 Å². The molecule has 0 amide bonds. The number of hydrogen-bond donors (Lipinski definition) is 0. The van der Waals surface area contributed by atoms with Crippen molar-refractivity contribution >= 4 is 5.97 Å². The van der Waals surface area contributed by atoms with Gasteiger partial charge in [0.15, 0.2) is 5.69 Å². The number of carbonyl (C=O) groups is 1. The van der Waals surface area contributed by atoms with Crippen LogP contribution in [0.3, 0.4) is 0 Å². The van der Waals surface area contributed by atoms with Gasteiger partial charge in [-0.2, -0.15) is 0 Å². The zero-order valence-corrected chi connectivity index (χ0v) is 6.28. The number of rotatable bonds is 2. The number of methoxy groups -OCH3 is 1. The minimum absolute atomic E-state index is 0.0988. The average Bonchev–Trinajstić information content (AvgIpc) is 2.17. The van der Waals surface area contributed by atoms with Crippen LogP contribution in [0, 0.1) is 0 Å². The smallest absolute Gasteiger partial charge is 0.397 e. The Bertz CT molecular complexity index is 272. The highest BCUT2D eigenvalue weighted by Crippen LogP contribution is 2.08. The van der Waals surface area contributed by atoms with Crippen LogP contribution in [0.4, 0.5) is 4.53 Å². The zero-order valence-electron chi connectivity index (χ0n) is 6.28. The van der Waals surface area contributed by atoms with Gasteiger partial charge in [0.05, 0.1) is 13.3 Å². The van der Waals surface area contributed by atoms with E-state index in [1.54, 1.807) is 0 Å². The Morgan fingerprint density at radius 3 is 2.75 bits per heavy atom. The van der Waals surface area contributed by atoms with E-state index in [-0.39, 0.29) is 5.69 Å². The number of aromatic nitrogens is 1. The highest BCUT2D eigenvalue weighted by molar-refractivity contribution is 5.86. The molecule has 1 aromatic heterocycles. The molecule has 0 N–H and O–H groups in total. The molecule has 0 fully saturated rings. The van der Waals surface area contributed by atoms with E-state index in [2.05, 4.69) is 9.93 Å². The van der Waals surface area contributed by atoms with Gasteiger partial charge in [0.25, 0.3) is 0 Å². The van der Waals surface area contributed by atoms with Crippen LogP contribution >= 0.6 is 0 Å². The summed E-state index contributed by atoms with van der Waals surface area (Å²) in [5, 5.41) is 0. The number of hydrogen-bond acceptors (Lipinski definition) is 4. The molecule has 0 spiro atoms. The molecule has 4 nitrogen and oxygen atoms in total. The molecular formula is C7H6FNO3. The van der Waals surface area contributed by atoms with Gasteiger partial charge in [-0.25, -0.2) is 14.7 Å². The summed E-state index contributed by atoms with van der Waals surface area (Å²) >= 11 is 0. The molecule has 0 bridgehead atoms. The van der Waals surface area contributed by atoms with E-state index >= 15 is 0 Å². The van der Waals surface area contributed by atoms with Crippen LogP contribution in [0.5, 0.6) is 5.75 Å². The van der Waals surface area contributed by atoms with Gasteiger partial charge in [0, 0.05) is 4.53 Å². The average molecular weight is 171 g/mol. The molecule has 64 valence electrons. The Morgan fingerprint density at radius 2 is 2.33 bits per heavy atom. The summed E-state index contributed by atoms with van der Waals surface area (Å²) in [4.78, 5) is 17.1. The Morgan fingerprint density at radius 1 is 1.58 bits per heavy atom. The Labute approximate surface area is 67.8 Å². The maximum Gasteiger partial charge on any atom is 0.397 e. The minimum atomic E-state index is -1.11. The molecule has 0 atom stereocenters. The van der Waals surface area contributed by atoms with Crippen LogP contribution in [0.15, 0.2) is 18.3 Å². The number of ether oxygens (including phenoxy) is 1. The minimum Gasteiger partial charge on any atom is -0.495 e. The first-order valence-electron chi connectivity index (χ1n) is 3.11. The highest BCUT2D eigenvalue weighted by atomic mass is 19.3. The van der Waals surface area contributed by atoms with E-state index in [9.17, 15) is 9.32 Å². The Kier molecular flexibility index (Phi) is 2.57. The molecule has 0 aliphatic carbocycles. The second-order valence-corrected chi connectivity index (χ2v) is 1.95. The lowest BCUT2D eigenvalue weighted by molar-refractivity contribution is -0.0793. The van der Waals surface area contributed by atoms with Gasteiger partial charge >= 0.3 is 5.97 Å². The van der Waals surface area contributed by atoms with Crippen molar-refractivity contribution in [1.29, 1.82) is 0 Å². The van der Waals surface area contributed by atoms with Crippen LogP contribution in [-0.4, -0.2) is 18.1 Å². The van der Waals surface area contributed by atoms with E-state index < -0.39 is 5.97 Å². The van der Waals surface area contributed by atoms with Gasteiger partial charge in [-0.1, -0.05) is 0 Å². The van der Waals surface area contributed by atoms with Crippen molar-refractivity contribution in [1.82, 2.24) is 4.98 Å². The van der Waals surface area contributed by atoms with Crippen LogP contribution in [0.2, 0.25) is 0 Å². The number of pyridine rings is 1. The summed E-state index contributed by atoms with van der Waals surface area (Å²) in [5.41, 5.74) is -0.0988. The highest BCUT2D eigenvalue weighted by Gasteiger charge is 2.08. The van der Waals surface area contributed by atoms with Crippen LogP contribution in [0.25, 0.3) is 0 Å². The normalized spacial score (nSPS) is 9.17. The van der Waals surface area contributed by atoms with Crippen molar-refractivity contribution in [2.75, 3.05) is 7.11 Å². The lowest BCUT2D eigenvalue weighted by Gasteiger charge is -1.97. The molecule has 0 aliphatic rings. The van der Waals surface area contributed by atoms with Crippen molar-refractivity contribution in [2.45, 2.75) is 0 Å². The molecule has 12 heavy (non-hydrogen) atoms. The lowest BCUT2D eigenvalue weighted by atomic mass is 10.3. The van der Waals surface area contributed by atoms with E-state index in [0.29, 0.717) is 5.75 Å². The Balaban J connectivity index is 2.84. The van der Waals surface area contributed by atoms with Crippen molar-refractivity contribution in [2.24, 2.45) is 0 Å². The fourth-order valence-electron chi connectivity index (χ4n) is 0.661. The summed E-state index contributed by atoms with van der Waals surface area (Å²) in [6.45, 7) is 0. The van der Waals surface area contributed by atoms with Gasteiger partial charge in [0.2, 0.25) is 0 Å². The number of nitrogens with zero attached hydrogens (tertiary/aromatic N) is 1. The SMILES string of the molecule is COc1ccc(C(=O)OF)nc1.